The standard InChI is InChI=1S/C15H17N3OS/c1-2-17-15(10-16)8-7-11(9-15)20-14-18-12-5-3-4-6-13(12)19-14/h3-6,11,17H,2,7-9H2,1H3. The first-order valence-electron chi connectivity index (χ1n) is 6.93. The predicted molar refractivity (Wildman–Crippen MR) is 79.5 cm³/mol. The number of benzene rings is 1. The van der Waals surface area contributed by atoms with Crippen LogP contribution in [0.4, 0.5) is 0 Å². The number of nitrogens with zero attached hydrogens (tertiary/aromatic N) is 2. The highest BCUT2D eigenvalue weighted by Gasteiger charge is 2.39. The average molecular weight is 287 g/mol. The number of nitrogens with one attached hydrogen (secondary N) is 1. The van der Waals surface area contributed by atoms with Gasteiger partial charge in [-0.2, -0.15) is 5.26 Å². The van der Waals surface area contributed by atoms with Gasteiger partial charge >= 0.3 is 0 Å². The Morgan fingerprint density at radius 3 is 3.15 bits per heavy atom. The van der Waals surface area contributed by atoms with Crippen molar-refractivity contribution in [2.75, 3.05) is 6.54 Å². The fourth-order valence-corrected chi connectivity index (χ4v) is 3.96. The minimum Gasteiger partial charge on any atom is -0.431 e. The second-order valence-electron chi connectivity index (χ2n) is 5.15. The molecule has 1 heterocycles. The van der Waals surface area contributed by atoms with Crippen molar-refractivity contribution >= 4 is 22.9 Å². The van der Waals surface area contributed by atoms with Crippen LogP contribution in [-0.2, 0) is 0 Å². The third kappa shape index (κ3) is 2.54. The third-order valence-corrected chi connectivity index (χ3v) is 4.85. The molecule has 1 aliphatic rings. The van der Waals surface area contributed by atoms with Crippen LogP contribution in [0.3, 0.4) is 0 Å². The number of rotatable bonds is 4. The Balaban J connectivity index is 1.71. The molecule has 0 saturated heterocycles. The maximum atomic E-state index is 9.39. The molecule has 1 aromatic heterocycles. The molecule has 0 radical (unpaired) electrons. The average Bonchev–Trinajstić information content (AvgIpc) is 3.04. The number of fused-ring (bicyclic) bond motifs is 1. The third-order valence-electron chi connectivity index (χ3n) is 3.74. The molecule has 1 fully saturated rings. The van der Waals surface area contributed by atoms with Crippen molar-refractivity contribution in [1.82, 2.24) is 10.3 Å². The van der Waals surface area contributed by atoms with Gasteiger partial charge < -0.3 is 4.42 Å². The minimum absolute atomic E-state index is 0.363. The molecule has 5 heteroatoms. The summed E-state index contributed by atoms with van der Waals surface area (Å²) in [5, 5.41) is 13.8. The van der Waals surface area contributed by atoms with Gasteiger partial charge in [0.1, 0.15) is 11.1 Å². The summed E-state index contributed by atoms with van der Waals surface area (Å²) in [5.74, 6) is 0. The topological polar surface area (TPSA) is 61.9 Å². The number of aromatic nitrogens is 1. The largest absolute Gasteiger partial charge is 0.431 e. The van der Waals surface area contributed by atoms with Gasteiger partial charge in [0.25, 0.3) is 5.22 Å². The number of hydrogen-bond donors (Lipinski definition) is 1. The van der Waals surface area contributed by atoms with E-state index in [1.165, 1.54) is 0 Å². The lowest BCUT2D eigenvalue weighted by atomic mass is 10.0. The van der Waals surface area contributed by atoms with E-state index in [2.05, 4.69) is 16.4 Å². The molecule has 0 spiro atoms. The molecule has 0 aliphatic heterocycles. The molecule has 3 rings (SSSR count). The van der Waals surface area contributed by atoms with E-state index in [4.69, 9.17) is 4.42 Å². The lowest BCUT2D eigenvalue weighted by molar-refractivity contribution is 0.435. The van der Waals surface area contributed by atoms with Crippen molar-refractivity contribution in [3.05, 3.63) is 24.3 Å². The number of hydrogen-bond acceptors (Lipinski definition) is 5. The molecule has 1 N–H and O–H groups in total. The summed E-state index contributed by atoms with van der Waals surface area (Å²) in [5.41, 5.74) is 1.36. The molecule has 1 saturated carbocycles. The Bertz CT molecular complexity index is 615. The molecule has 2 aromatic rings. The lowest BCUT2D eigenvalue weighted by Gasteiger charge is -2.21. The van der Waals surface area contributed by atoms with Gasteiger partial charge in [-0.05, 0) is 37.9 Å². The molecule has 2 unspecified atom stereocenters. The molecule has 0 bridgehead atoms. The van der Waals surface area contributed by atoms with Crippen molar-refractivity contribution in [1.29, 1.82) is 5.26 Å². The second kappa shape index (κ2) is 5.47. The van der Waals surface area contributed by atoms with Crippen molar-refractivity contribution in [3.8, 4) is 6.07 Å². The number of oxazole rings is 1. The van der Waals surface area contributed by atoms with E-state index in [0.717, 1.165) is 36.9 Å². The molecule has 4 nitrogen and oxygen atoms in total. The van der Waals surface area contributed by atoms with Gasteiger partial charge in [-0.15, -0.1) is 0 Å². The van der Waals surface area contributed by atoms with Gasteiger partial charge in [-0.1, -0.05) is 30.8 Å². The van der Waals surface area contributed by atoms with E-state index >= 15 is 0 Å². The quantitative estimate of drug-likeness (QED) is 0.934. The Labute approximate surface area is 122 Å². The van der Waals surface area contributed by atoms with Gasteiger partial charge in [0.05, 0.1) is 6.07 Å². The fourth-order valence-electron chi connectivity index (χ4n) is 2.78. The fraction of sp³-hybridized carbons (Fsp3) is 0.467. The summed E-state index contributed by atoms with van der Waals surface area (Å²) in [4.78, 5) is 4.49. The Morgan fingerprint density at radius 2 is 2.40 bits per heavy atom. The molecule has 104 valence electrons. The molecular formula is C15H17N3OS. The van der Waals surface area contributed by atoms with Crippen molar-refractivity contribution in [2.24, 2.45) is 0 Å². The van der Waals surface area contributed by atoms with Crippen molar-refractivity contribution < 1.29 is 4.42 Å². The van der Waals surface area contributed by atoms with Crippen LogP contribution in [-0.4, -0.2) is 22.3 Å². The molecule has 1 aliphatic carbocycles. The van der Waals surface area contributed by atoms with Crippen molar-refractivity contribution in [2.45, 2.75) is 42.2 Å². The zero-order valence-corrected chi connectivity index (χ0v) is 12.2. The highest BCUT2D eigenvalue weighted by atomic mass is 32.2. The van der Waals surface area contributed by atoms with Crippen LogP contribution in [0.25, 0.3) is 11.1 Å². The first-order valence-corrected chi connectivity index (χ1v) is 7.81. The van der Waals surface area contributed by atoms with Crippen LogP contribution in [0.2, 0.25) is 0 Å². The van der Waals surface area contributed by atoms with Gasteiger partial charge in [0.2, 0.25) is 0 Å². The zero-order valence-electron chi connectivity index (χ0n) is 11.4. The van der Waals surface area contributed by atoms with Crippen LogP contribution in [0.1, 0.15) is 26.2 Å². The monoisotopic (exact) mass is 287 g/mol. The number of thioether (sulfide) groups is 1. The van der Waals surface area contributed by atoms with E-state index in [1.54, 1.807) is 11.8 Å². The summed E-state index contributed by atoms with van der Waals surface area (Å²) in [7, 11) is 0. The normalized spacial score (nSPS) is 25.9. The summed E-state index contributed by atoms with van der Waals surface area (Å²) >= 11 is 1.65. The summed E-state index contributed by atoms with van der Waals surface area (Å²) in [6.45, 7) is 2.87. The van der Waals surface area contributed by atoms with E-state index in [0.29, 0.717) is 10.5 Å². The highest BCUT2D eigenvalue weighted by Crippen LogP contribution is 2.40. The maximum absolute atomic E-state index is 9.39. The summed E-state index contributed by atoms with van der Waals surface area (Å²) < 4.78 is 5.74. The molecule has 0 amide bonds. The summed E-state index contributed by atoms with van der Waals surface area (Å²) in [6.07, 6.45) is 2.76. The summed E-state index contributed by atoms with van der Waals surface area (Å²) in [6, 6.07) is 10.2. The van der Waals surface area contributed by atoms with Crippen LogP contribution < -0.4 is 5.32 Å². The minimum atomic E-state index is -0.363. The van der Waals surface area contributed by atoms with E-state index in [9.17, 15) is 5.26 Å². The molecular weight excluding hydrogens is 270 g/mol. The maximum Gasteiger partial charge on any atom is 0.257 e. The molecule has 20 heavy (non-hydrogen) atoms. The SMILES string of the molecule is CCNC1(C#N)CCC(Sc2nc3ccccc3o2)C1. The van der Waals surface area contributed by atoms with Crippen LogP contribution in [0.15, 0.2) is 33.9 Å². The van der Waals surface area contributed by atoms with Gasteiger partial charge in [0.15, 0.2) is 5.58 Å². The van der Waals surface area contributed by atoms with Crippen LogP contribution in [0, 0.1) is 11.3 Å². The van der Waals surface area contributed by atoms with Crippen molar-refractivity contribution in [3.63, 3.8) is 0 Å². The zero-order chi connectivity index (χ0) is 14.0. The molecule has 1 aromatic carbocycles. The van der Waals surface area contributed by atoms with E-state index in [-0.39, 0.29) is 5.54 Å². The second-order valence-corrected chi connectivity index (χ2v) is 6.41. The van der Waals surface area contributed by atoms with Gasteiger partial charge in [0, 0.05) is 5.25 Å². The number of para-hydroxylation sites is 2. The van der Waals surface area contributed by atoms with E-state index < -0.39 is 0 Å². The Hall–Kier alpha value is -1.51. The first kappa shape index (κ1) is 13.5. The lowest BCUT2D eigenvalue weighted by Crippen LogP contribution is -2.41. The first-order chi connectivity index (χ1) is 9.74. The van der Waals surface area contributed by atoms with E-state index in [1.807, 2.05) is 31.2 Å². The smallest absolute Gasteiger partial charge is 0.257 e. The predicted octanol–water partition coefficient (Wildman–Crippen LogP) is 3.34. The van der Waals surface area contributed by atoms with Gasteiger partial charge in [-0.25, -0.2) is 4.98 Å². The number of nitriles is 1. The molecule has 2 atom stereocenters. The highest BCUT2D eigenvalue weighted by molar-refractivity contribution is 7.99. The van der Waals surface area contributed by atoms with Crippen LogP contribution >= 0.6 is 11.8 Å². The van der Waals surface area contributed by atoms with Gasteiger partial charge in [-0.3, -0.25) is 5.32 Å². The Morgan fingerprint density at radius 1 is 1.55 bits per heavy atom. The van der Waals surface area contributed by atoms with Crippen LogP contribution in [0.5, 0.6) is 0 Å². The Kier molecular flexibility index (Phi) is 3.68.